The maximum Gasteiger partial charge on any atom is 0.420 e. The van der Waals surface area contributed by atoms with Crippen molar-refractivity contribution in [3.8, 4) is 0 Å². The Balaban J connectivity index is 1.98. The van der Waals surface area contributed by atoms with Crippen LogP contribution in [0.2, 0.25) is 20.1 Å². The first-order valence-electron chi connectivity index (χ1n) is 9.67. The molecule has 32 heavy (non-hydrogen) atoms. The van der Waals surface area contributed by atoms with Crippen molar-refractivity contribution >= 4 is 96.4 Å². The minimum atomic E-state index is -0.757. The van der Waals surface area contributed by atoms with E-state index in [-0.39, 0.29) is 31.3 Å². The Morgan fingerprint density at radius 1 is 0.875 bits per heavy atom. The molecule has 0 aliphatic rings. The van der Waals surface area contributed by atoms with Gasteiger partial charge in [0.1, 0.15) is 11.1 Å². The Morgan fingerprint density at radius 3 is 2.03 bits per heavy atom. The molecule has 0 radical (unpaired) electrons. The minimum Gasteiger partial charge on any atom is -0.443 e. The predicted octanol–water partition coefficient (Wildman–Crippen LogP) is 8.29. The molecule has 0 N–H and O–H groups in total. The summed E-state index contributed by atoms with van der Waals surface area (Å²) in [7, 11) is 0. The molecule has 2 heterocycles. The smallest absolute Gasteiger partial charge is 0.420 e. The third-order valence-corrected chi connectivity index (χ3v) is 6.80. The monoisotopic (exact) mass is 505 g/mol. The van der Waals surface area contributed by atoms with Gasteiger partial charge >= 0.3 is 6.09 Å². The number of aromatic nitrogens is 3. The molecule has 0 saturated carbocycles. The molecule has 0 atom stereocenters. The summed E-state index contributed by atoms with van der Waals surface area (Å²) < 4.78 is 6.88. The fourth-order valence-corrected chi connectivity index (χ4v) is 4.71. The molecule has 0 bridgehead atoms. The highest BCUT2D eigenvalue weighted by Gasteiger charge is 2.29. The first-order valence-corrected chi connectivity index (χ1v) is 11.2. The van der Waals surface area contributed by atoms with E-state index >= 15 is 0 Å². The average molecular weight is 507 g/mol. The molecule has 0 amide bonds. The quantitative estimate of drug-likeness (QED) is 0.120. The summed E-state index contributed by atoms with van der Waals surface area (Å²) in [6.07, 6.45) is -0.678. The van der Waals surface area contributed by atoms with Crippen molar-refractivity contribution in [3.05, 3.63) is 56.5 Å². The molecule has 0 aliphatic carbocycles. The van der Waals surface area contributed by atoms with Crippen LogP contribution in [0.5, 0.6) is 0 Å². The van der Waals surface area contributed by atoms with Gasteiger partial charge in [0.2, 0.25) is 0 Å². The minimum absolute atomic E-state index is 0.0359. The Labute approximate surface area is 202 Å². The van der Waals surface area contributed by atoms with Gasteiger partial charge < -0.3 is 4.74 Å². The number of benzene rings is 3. The van der Waals surface area contributed by atoms with Crippen LogP contribution in [0.4, 0.5) is 4.79 Å². The number of rotatable bonds is 0. The normalized spacial score (nSPS) is 12.3. The van der Waals surface area contributed by atoms with Crippen molar-refractivity contribution in [2.45, 2.75) is 26.4 Å². The van der Waals surface area contributed by atoms with Crippen LogP contribution in [0.25, 0.3) is 43.9 Å². The van der Waals surface area contributed by atoms with Gasteiger partial charge in [-0.15, -0.1) is 0 Å². The number of halogens is 4. The Kier molecular flexibility index (Phi) is 4.95. The number of hydrogen-bond acceptors (Lipinski definition) is 4. The third kappa shape index (κ3) is 3.27. The number of carbonyl (C=O) groups is 1. The van der Waals surface area contributed by atoms with E-state index in [1.54, 1.807) is 20.8 Å². The SMILES string of the molecule is CC(C)(C)OC(=O)n1c2nc3cc4ccccc4cc3nc2c2c(Cl)c(Cl)c(Cl)c(Cl)c21. The van der Waals surface area contributed by atoms with Crippen LogP contribution < -0.4 is 0 Å². The number of fused-ring (bicyclic) bond motifs is 5. The highest BCUT2D eigenvalue weighted by molar-refractivity contribution is 6.56. The highest BCUT2D eigenvalue weighted by atomic mass is 35.5. The van der Waals surface area contributed by atoms with Gasteiger partial charge in [-0.3, -0.25) is 0 Å². The van der Waals surface area contributed by atoms with Gasteiger partial charge in [0.25, 0.3) is 0 Å². The standard InChI is InChI=1S/C23H15Cl4N3O2/c1-23(2,3)32-22(31)30-20-14(15(24)16(25)17(26)18(20)27)19-21(30)29-13-9-11-7-5-4-6-10(11)8-12(13)28-19/h4-9H,1-3H3. The number of hydrogen-bond donors (Lipinski definition) is 0. The van der Waals surface area contributed by atoms with E-state index in [1.807, 2.05) is 36.4 Å². The van der Waals surface area contributed by atoms with E-state index in [0.29, 0.717) is 21.9 Å². The third-order valence-electron chi connectivity index (χ3n) is 5.00. The molecular formula is C23H15Cl4N3O2. The fourth-order valence-electron chi connectivity index (χ4n) is 3.69. The van der Waals surface area contributed by atoms with Crippen LogP contribution in [0.15, 0.2) is 36.4 Å². The van der Waals surface area contributed by atoms with Gasteiger partial charge in [-0.25, -0.2) is 19.3 Å². The molecule has 0 saturated heterocycles. The van der Waals surface area contributed by atoms with Crippen LogP contribution in [0, 0.1) is 0 Å². The first kappa shape index (κ1) is 21.5. The molecule has 0 spiro atoms. The van der Waals surface area contributed by atoms with Crippen molar-refractivity contribution in [1.82, 2.24) is 14.5 Å². The largest absolute Gasteiger partial charge is 0.443 e. The van der Waals surface area contributed by atoms with Crippen LogP contribution in [-0.4, -0.2) is 26.2 Å². The molecule has 5 aromatic rings. The fraction of sp³-hybridized carbons (Fsp3) is 0.174. The average Bonchev–Trinajstić information content (AvgIpc) is 3.06. The summed E-state index contributed by atoms with van der Waals surface area (Å²) in [5.41, 5.74) is 1.35. The van der Waals surface area contributed by atoms with Crippen LogP contribution in [0.3, 0.4) is 0 Å². The second-order valence-electron chi connectivity index (χ2n) is 8.38. The van der Waals surface area contributed by atoms with Crippen molar-refractivity contribution in [3.63, 3.8) is 0 Å². The maximum absolute atomic E-state index is 13.3. The molecular weight excluding hydrogens is 492 g/mol. The summed E-state index contributed by atoms with van der Waals surface area (Å²) >= 11 is 25.8. The maximum atomic E-state index is 13.3. The summed E-state index contributed by atoms with van der Waals surface area (Å²) in [4.78, 5) is 22.8. The van der Waals surface area contributed by atoms with E-state index in [2.05, 4.69) is 0 Å². The second kappa shape index (κ2) is 7.35. The topological polar surface area (TPSA) is 57.0 Å². The van der Waals surface area contributed by atoms with Crippen molar-refractivity contribution in [1.29, 1.82) is 0 Å². The summed E-state index contributed by atoms with van der Waals surface area (Å²) in [5.74, 6) is 0. The molecule has 3 aromatic carbocycles. The van der Waals surface area contributed by atoms with E-state index < -0.39 is 11.7 Å². The molecule has 5 nitrogen and oxygen atoms in total. The van der Waals surface area contributed by atoms with Crippen molar-refractivity contribution in [2.24, 2.45) is 0 Å². The predicted molar refractivity (Wildman–Crippen MR) is 132 cm³/mol. The Morgan fingerprint density at radius 2 is 1.44 bits per heavy atom. The van der Waals surface area contributed by atoms with Crippen molar-refractivity contribution in [2.75, 3.05) is 0 Å². The first-order chi connectivity index (χ1) is 15.1. The molecule has 9 heteroatoms. The molecule has 2 aromatic heterocycles. The van der Waals surface area contributed by atoms with Crippen LogP contribution in [0.1, 0.15) is 20.8 Å². The molecule has 162 valence electrons. The van der Waals surface area contributed by atoms with Gasteiger partial charge in [0.05, 0.1) is 42.0 Å². The number of nitrogens with zero attached hydrogens (tertiary/aromatic N) is 3. The summed E-state index contributed by atoms with van der Waals surface area (Å²) in [6, 6.07) is 11.7. The van der Waals surface area contributed by atoms with E-state index in [9.17, 15) is 4.79 Å². The van der Waals surface area contributed by atoms with Gasteiger partial charge in [-0.2, -0.15) is 0 Å². The van der Waals surface area contributed by atoms with Crippen LogP contribution >= 0.6 is 46.4 Å². The Bertz CT molecular complexity index is 1600. The lowest BCUT2D eigenvalue weighted by Gasteiger charge is -2.20. The van der Waals surface area contributed by atoms with Crippen LogP contribution in [-0.2, 0) is 4.74 Å². The van der Waals surface area contributed by atoms with Gasteiger partial charge in [0, 0.05) is 0 Å². The zero-order chi connectivity index (χ0) is 22.9. The van der Waals surface area contributed by atoms with Gasteiger partial charge in [-0.1, -0.05) is 70.7 Å². The van der Waals surface area contributed by atoms with E-state index in [1.165, 1.54) is 4.57 Å². The van der Waals surface area contributed by atoms with Crippen molar-refractivity contribution < 1.29 is 9.53 Å². The lowest BCUT2D eigenvalue weighted by Crippen LogP contribution is -2.27. The molecule has 0 aliphatic heterocycles. The summed E-state index contributed by atoms with van der Waals surface area (Å²) in [5, 5.41) is 2.71. The van der Waals surface area contributed by atoms with Gasteiger partial charge in [-0.05, 0) is 43.7 Å². The van der Waals surface area contributed by atoms with E-state index in [4.69, 9.17) is 61.1 Å². The molecule has 0 fully saturated rings. The van der Waals surface area contributed by atoms with E-state index in [0.717, 1.165) is 10.8 Å². The molecule has 0 unspecified atom stereocenters. The second-order valence-corrected chi connectivity index (χ2v) is 9.89. The Hall–Kier alpha value is -2.31. The zero-order valence-corrected chi connectivity index (χ0v) is 20.2. The lowest BCUT2D eigenvalue weighted by atomic mass is 10.1. The molecule has 5 rings (SSSR count). The zero-order valence-electron chi connectivity index (χ0n) is 17.1. The highest BCUT2D eigenvalue weighted by Crippen LogP contribution is 2.46. The van der Waals surface area contributed by atoms with Gasteiger partial charge in [0.15, 0.2) is 5.65 Å². The number of ether oxygens (including phenoxy) is 1. The summed E-state index contributed by atoms with van der Waals surface area (Å²) in [6.45, 7) is 5.30. The number of carbonyl (C=O) groups excluding carboxylic acids is 1. The lowest BCUT2D eigenvalue weighted by molar-refractivity contribution is 0.0550.